The van der Waals surface area contributed by atoms with E-state index in [1.54, 1.807) is 21.9 Å². The van der Waals surface area contributed by atoms with E-state index in [-0.39, 0.29) is 36.8 Å². The molecule has 2 aliphatic heterocycles. The van der Waals surface area contributed by atoms with Gasteiger partial charge in [0, 0.05) is 29.6 Å². The molecule has 1 fully saturated rings. The van der Waals surface area contributed by atoms with Crippen LogP contribution in [0.4, 0.5) is 4.39 Å². The summed E-state index contributed by atoms with van der Waals surface area (Å²) < 4.78 is 13.3. The van der Waals surface area contributed by atoms with E-state index in [1.807, 2.05) is 48.5 Å². The quantitative estimate of drug-likeness (QED) is 0.520. The fraction of sp³-hybridized carbons (Fsp3) is 0.185. The van der Waals surface area contributed by atoms with Crippen LogP contribution >= 0.6 is 0 Å². The third-order valence-corrected chi connectivity index (χ3v) is 6.74. The van der Waals surface area contributed by atoms with E-state index in [4.69, 9.17) is 0 Å². The van der Waals surface area contributed by atoms with E-state index in [1.165, 1.54) is 12.1 Å². The first-order chi connectivity index (χ1) is 16.1. The summed E-state index contributed by atoms with van der Waals surface area (Å²) in [7, 11) is 0. The van der Waals surface area contributed by atoms with E-state index in [0.717, 1.165) is 33.3 Å². The van der Waals surface area contributed by atoms with Crippen LogP contribution in [0.15, 0.2) is 78.9 Å². The lowest BCUT2D eigenvalue weighted by Gasteiger charge is -2.47. The molecule has 1 saturated heterocycles. The van der Waals surface area contributed by atoms with E-state index < -0.39 is 6.04 Å². The largest absolute Gasteiger partial charge is 0.356 e. The van der Waals surface area contributed by atoms with Gasteiger partial charge in [-0.05, 0) is 34.9 Å². The van der Waals surface area contributed by atoms with Gasteiger partial charge >= 0.3 is 0 Å². The van der Waals surface area contributed by atoms with Crippen molar-refractivity contribution in [1.82, 2.24) is 14.8 Å². The maximum Gasteiger partial charge on any atom is 0.246 e. The molecular weight excluding hydrogens is 417 g/mol. The molecule has 5 nitrogen and oxygen atoms in total. The van der Waals surface area contributed by atoms with Crippen molar-refractivity contribution in [3.8, 4) is 0 Å². The molecule has 3 aromatic carbocycles. The molecular formula is C27H22FN3O2. The zero-order chi connectivity index (χ0) is 22.5. The highest BCUT2D eigenvalue weighted by Gasteiger charge is 2.48. The molecule has 6 rings (SSSR count). The maximum atomic E-state index is 13.7. The Morgan fingerprint density at radius 3 is 2.42 bits per heavy atom. The van der Waals surface area contributed by atoms with Crippen LogP contribution in [0.1, 0.15) is 28.4 Å². The number of benzene rings is 3. The summed E-state index contributed by atoms with van der Waals surface area (Å²) in [6, 6.07) is 23.1. The Balaban J connectivity index is 1.44. The molecule has 4 aromatic rings. The van der Waals surface area contributed by atoms with Crippen LogP contribution < -0.4 is 0 Å². The number of para-hydroxylation sites is 1. The highest BCUT2D eigenvalue weighted by Crippen LogP contribution is 2.42. The normalized spacial score (nSPS) is 20.2. The lowest BCUT2D eigenvalue weighted by Crippen LogP contribution is -2.62. The molecule has 2 amide bonds. The average molecular weight is 439 g/mol. The number of amides is 2. The first kappa shape index (κ1) is 19.7. The van der Waals surface area contributed by atoms with E-state index >= 15 is 0 Å². The van der Waals surface area contributed by atoms with E-state index in [0.29, 0.717) is 6.42 Å². The molecule has 6 heteroatoms. The van der Waals surface area contributed by atoms with Crippen LogP contribution in [0, 0.1) is 5.82 Å². The topological polar surface area (TPSA) is 56.4 Å². The fourth-order valence-corrected chi connectivity index (χ4v) is 5.25. The van der Waals surface area contributed by atoms with Gasteiger partial charge in [-0.2, -0.15) is 0 Å². The molecule has 2 aliphatic rings. The number of aromatic nitrogens is 1. The fourth-order valence-electron chi connectivity index (χ4n) is 5.25. The summed E-state index contributed by atoms with van der Waals surface area (Å²) in [4.78, 5) is 34.1. The molecule has 0 saturated carbocycles. The molecule has 33 heavy (non-hydrogen) atoms. The Bertz CT molecular complexity index is 1360. The summed E-state index contributed by atoms with van der Waals surface area (Å²) in [5.74, 6) is -0.480. The number of carbonyl (C=O) groups is 2. The number of aromatic amines is 1. The van der Waals surface area contributed by atoms with Gasteiger partial charge in [-0.25, -0.2) is 4.39 Å². The number of H-pyrrole nitrogens is 1. The third-order valence-electron chi connectivity index (χ3n) is 6.74. The molecule has 1 unspecified atom stereocenters. The van der Waals surface area contributed by atoms with Gasteiger partial charge < -0.3 is 14.8 Å². The van der Waals surface area contributed by atoms with Crippen LogP contribution in [0.3, 0.4) is 0 Å². The number of rotatable bonds is 3. The Morgan fingerprint density at radius 2 is 1.64 bits per heavy atom. The second kappa shape index (κ2) is 7.59. The van der Waals surface area contributed by atoms with Crippen molar-refractivity contribution in [3.05, 3.63) is 107 Å². The minimum Gasteiger partial charge on any atom is -0.356 e. The van der Waals surface area contributed by atoms with Crippen molar-refractivity contribution in [2.45, 2.75) is 25.0 Å². The minimum absolute atomic E-state index is 0.00556. The van der Waals surface area contributed by atoms with Gasteiger partial charge in [0.25, 0.3) is 0 Å². The molecule has 3 heterocycles. The Hall–Kier alpha value is -3.93. The molecule has 0 radical (unpaired) electrons. The number of hydrogen-bond acceptors (Lipinski definition) is 2. The lowest BCUT2D eigenvalue weighted by atomic mass is 9.86. The number of nitrogens with one attached hydrogen (secondary N) is 1. The Kier molecular flexibility index (Phi) is 4.54. The summed E-state index contributed by atoms with van der Waals surface area (Å²) in [5.41, 5.74) is 4.85. The van der Waals surface area contributed by atoms with Crippen molar-refractivity contribution in [1.29, 1.82) is 0 Å². The number of halogens is 1. The van der Waals surface area contributed by atoms with Gasteiger partial charge in [0.05, 0.1) is 6.04 Å². The zero-order valence-electron chi connectivity index (χ0n) is 17.9. The van der Waals surface area contributed by atoms with Crippen molar-refractivity contribution >= 4 is 22.7 Å². The molecule has 2 atom stereocenters. The number of piperazine rings is 1. The van der Waals surface area contributed by atoms with Crippen LogP contribution in [0.5, 0.6) is 0 Å². The molecule has 0 aliphatic carbocycles. The second-order valence-corrected chi connectivity index (χ2v) is 8.72. The smallest absolute Gasteiger partial charge is 0.246 e. The summed E-state index contributed by atoms with van der Waals surface area (Å²) >= 11 is 0. The monoisotopic (exact) mass is 439 g/mol. The standard InChI is InChI=1S/C27H22FN3O2/c28-19-12-10-17(11-13-19)15-30-16-24(32)31-23(27(30)33)14-21-20-8-4-5-9-22(20)29-25(21)26(31)18-6-2-1-3-7-18/h1-13,23,26,29H,14-16H2/t23-,26?/m0/s1. The summed E-state index contributed by atoms with van der Waals surface area (Å²) in [6.45, 7) is 0.289. The molecule has 164 valence electrons. The van der Waals surface area contributed by atoms with Crippen molar-refractivity contribution in [2.75, 3.05) is 6.54 Å². The Morgan fingerprint density at radius 1 is 0.909 bits per heavy atom. The van der Waals surface area contributed by atoms with Gasteiger partial charge in [-0.3, -0.25) is 9.59 Å². The van der Waals surface area contributed by atoms with Gasteiger partial charge in [0.15, 0.2) is 0 Å². The zero-order valence-corrected chi connectivity index (χ0v) is 17.9. The van der Waals surface area contributed by atoms with Crippen molar-refractivity contribution < 1.29 is 14.0 Å². The van der Waals surface area contributed by atoms with Gasteiger partial charge in [0.2, 0.25) is 11.8 Å². The summed E-state index contributed by atoms with van der Waals surface area (Å²) in [6.07, 6.45) is 0.465. The molecule has 1 N–H and O–H groups in total. The van der Waals surface area contributed by atoms with Gasteiger partial charge in [-0.15, -0.1) is 0 Å². The molecule has 1 aromatic heterocycles. The number of carbonyl (C=O) groups excluding carboxylic acids is 2. The van der Waals surface area contributed by atoms with Gasteiger partial charge in [0.1, 0.15) is 18.4 Å². The predicted octanol–water partition coefficient (Wildman–Crippen LogP) is 4.19. The summed E-state index contributed by atoms with van der Waals surface area (Å²) in [5, 5.41) is 1.09. The van der Waals surface area contributed by atoms with Crippen LogP contribution in [0.25, 0.3) is 10.9 Å². The third kappa shape index (κ3) is 3.21. The van der Waals surface area contributed by atoms with Crippen molar-refractivity contribution in [2.24, 2.45) is 0 Å². The van der Waals surface area contributed by atoms with E-state index in [9.17, 15) is 14.0 Å². The van der Waals surface area contributed by atoms with Crippen LogP contribution in [-0.4, -0.2) is 39.2 Å². The maximum absolute atomic E-state index is 13.7. The minimum atomic E-state index is -0.580. The SMILES string of the molecule is O=C1[C@@H]2Cc3c([nH]c4ccccc34)C(c3ccccc3)N2C(=O)CN1Cc1ccc(F)cc1. The highest BCUT2D eigenvalue weighted by molar-refractivity contribution is 5.97. The van der Waals surface area contributed by atoms with Crippen molar-refractivity contribution in [3.63, 3.8) is 0 Å². The number of hydrogen-bond donors (Lipinski definition) is 1. The van der Waals surface area contributed by atoms with Crippen LogP contribution in [0.2, 0.25) is 0 Å². The van der Waals surface area contributed by atoms with Crippen LogP contribution in [-0.2, 0) is 22.6 Å². The second-order valence-electron chi connectivity index (χ2n) is 8.72. The average Bonchev–Trinajstić information content (AvgIpc) is 3.21. The number of nitrogens with zero attached hydrogens (tertiary/aromatic N) is 2. The number of fused-ring (bicyclic) bond motifs is 4. The first-order valence-electron chi connectivity index (χ1n) is 11.1. The molecule has 0 bridgehead atoms. The Labute approximate surface area is 190 Å². The van der Waals surface area contributed by atoms with Gasteiger partial charge in [-0.1, -0.05) is 60.7 Å². The molecule has 0 spiro atoms. The van der Waals surface area contributed by atoms with E-state index in [2.05, 4.69) is 11.1 Å². The lowest BCUT2D eigenvalue weighted by molar-refractivity contribution is -0.159. The first-order valence-corrected chi connectivity index (χ1v) is 11.1. The predicted molar refractivity (Wildman–Crippen MR) is 123 cm³/mol. The highest BCUT2D eigenvalue weighted by atomic mass is 19.1.